The lowest BCUT2D eigenvalue weighted by molar-refractivity contribution is -0.117. The van der Waals surface area contributed by atoms with Crippen LogP contribution in [0.5, 0.6) is 5.75 Å². The molecule has 5 nitrogen and oxygen atoms in total. The van der Waals surface area contributed by atoms with Crippen molar-refractivity contribution in [1.82, 2.24) is 9.78 Å². The lowest BCUT2D eigenvalue weighted by atomic mass is 9.86. The van der Waals surface area contributed by atoms with E-state index in [1.807, 2.05) is 36.7 Å². The number of rotatable bonds is 6. The largest absolute Gasteiger partial charge is 0.497 e. The molecular formula is C22H29N3O2. The predicted octanol–water partition coefficient (Wildman–Crippen LogP) is 4.32. The van der Waals surface area contributed by atoms with Crippen LogP contribution in [0.1, 0.15) is 49.1 Å². The number of anilines is 1. The molecule has 27 heavy (non-hydrogen) atoms. The Morgan fingerprint density at radius 3 is 2.85 bits per heavy atom. The van der Waals surface area contributed by atoms with Gasteiger partial charge < -0.3 is 10.1 Å². The number of aromatic nitrogens is 2. The number of benzene rings is 1. The molecule has 5 heteroatoms. The van der Waals surface area contributed by atoms with E-state index in [1.54, 1.807) is 7.11 Å². The highest BCUT2D eigenvalue weighted by Gasteiger charge is 2.40. The number of hydrogen-bond donors (Lipinski definition) is 1. The quantitative estimate of drug-likeness (QED) is 0.827. The molecule has 1 heterocycles. The van der Waals surface area contributed by atoms with Gasteiger partial charge in [-0.3, -0.25) is 9.48 Å². The Labute approximate surface area is 161 Å². The molecule has 2 aliphatic rings. The number of ether oxygens (including phenoxy) is 1. The Kier molecular flexibility index (Phi) is 4.94. The van der Waals surface area contributed by atoms with E-state index >= 15 is 0 Å². The maximum Gasteiger partial charge on any atom is 0.224 e. The molecule has 4 rings (SSSR count). The fraction of sp³-hybridized carbons (Fsp3) is 0.545. The summed E-state index contributed by atoms with van der Waals surface area (Å²) in [4.78, 5) is 12.6. The van der Waals surface area contributed by atoms with Crippen molar-refractivity contribution in [3.8, 4) is 5.75 Å². The molecule has 1 aromatic heterocycles. The molecule has 0 spiro atoms. The van der Waals surface area contributed by atoms with Gasteiger partial charge in [0.2, 0.25) is 5.91 Å². The molecule has 2 saturated carbocycles. The Hall–Kier alpha value is -2.30. The molecule has 2 aromatic rings. The number of fused-ring (bicyclic) bond motifs is 2. The van der Waals surface area contributed by atoms with E-state index < -0.39 is 0 Å². The van der Waals surface area contributed by atoms with Crippen LogP contribution in [-0.2, 0) is 11.3 Å². The number of amides is 1. The van der Waals surface area contributed by atoms with Crippen LogP contribution in [0.15, 0.2) is 24.3 Å². The van der Waals surface area contributed by atoms with Crippen molar-refractivity contribution in [3.05, 3.63) is 41.2 Å². The van der Waals surface area contributed by atoms with Crippen LogP contribution in [0, 0.1) is 31.6 Å². The number of hydrogen-bond acceptors (Lipinski definition) is 3. The number of methoxy groups -OCH3 is 1. The van der Waals surface area contributed by atoms with Gasteiger partial charge in [-0.05, 0) is 68.6 Å². The standard InChI is InChI=1S/C22H29N3O2/c1-14-22(23-21(26)12-19-10-16-7-8-18(19)9-16)15(2)25(24-14)13-17-5-4-6-20(11-17)27-3/h4-6,11,16,18-19H,7-10,12-13H2,1-3H3,(H,23,26). The molecule has 1 aromatic carbocycles. The summed E-state index contributed by atoms with van der Waals surface area (Å²) in [6.07, 6.45) is 5.93. The number of nitrogens with one attached hydrogen (secondary N) is 1. The van der Waals surface area contributed by atoms with Gasteiger partial charge in [0, 0.05) is 6.42 Å². The van der Waals surface area contributed by atoms with Gasteiger partial charge in [-0.2, -0.15) is 5.10 Å². The van der Waals surface area contributed by atoms with Crippen molar-refractivity contribution in [2.24, 2.45) is 17.8 Å². The Morgan fingerprint density at radius 2 is 2.15 bits per heavy atom. The molecule has 0 radical (unpaired) electrons. The van der Waals surface area contributed by atoms with Crippen LogP contribution >= 0.6 is 0 Å². The van der Waals surface area contributed by atoms with Crippen LogP contribution in [0.25, 0.3) is 0 Å². The monoisotopic (exact) mass is 367 g/mol. The molecule has 3 unspecified atom stereocenters. The molecule has 0 saturated heterocycles. The first-order valence-corrected chi connectivity index (χ1v) is 10.00. The highest BCUT2D eigenvalue weighted by atomic mass is 16.5. The van der Waals surface area contributed by atoms with Crippen molar-refractivity contribution >= 4 is 11.6 Å². The van der Waals surface area contributed by atoms with E-state index in [4.69, 9.17) is 4.74 Å². The number of nitrogens with zero attached hydrogens (tertiary/aromatic N) is 2. The number of carbonyl (C=O) groups excluding carboxylic acids is 1. The van der Waals surface area contributed by atoms with Gasteiger partial charge in [0.05, 0.1) is 30.7 Å². The van der Waals surface area contributed by atoms with E-state index in [-0.39, 0.29) is 5.91 Å². The van der Waals surface area contributed by atoms with Crippen LogP contribution < -0.4 is 10.1 Å². The van der Waals surface area contributed by atoms with Gasteiger partial charge in [-0.1, -0.05) is 18.6 Å². The lowest BCUT2D eigenvalue weighted by Crippen LogP contribution is -2.20. The molecule has 1 N–H and O–H groups in total. The minimum absolute atomic E-state index is 0.139. The van der Waals surface area contributed by atoms with Crippen LogP contribution in [0.2, 0.25) is 0 Å². The first-order chi connectivity index (χ1) is 13.0. The summed E-state index contributed by atoms with van der Waals surface area (Å²) in [6.45, 7) is 4.64. The fourth-order valence-corrected chi connectivity index (χ4v) is 5.03. The smallest absolute Gasteiger partial charge is 0.224 e. The molecule has 0 aliphatic heterocycles. The van der Waals surface area contributed by atoms with Gasteiger partial charge in [-0.25, -0.2) is 0 Å². The van der Waals surface area contributed by atoms with Gasteiger partial charge in [0.1, 0.15) is 5.75 Å². The first kappa shape index (κ1) is 18.1. The molecule has 2 aliphatic carbocycles. The van der Waals surface area contributed by atoms with Crippen LogP contribution in [-0.4, -0.2) is 22.8 Å². The first-order valence-electron chi connectivity index (χ1n) is 10.00. The summed E-state index contributed by atoms with van der Waals surface area (Å²) < 4.78 is 7.26. The third-order valence-electron chi connectivity index (χ3n) is 6.44. The van der Waals surface area contributed by atoms with E-state index in [2.05, 4.69) is 16.5 Å². The highest BCUT2D eigenvalue weighted by molar-refractivity contribution is 5.92. The second-order valence-corrected chi connectivity index (χ2v) is 8.24. The van der Waals surface area contributed by atoms with Crippen LogP contribution in [0.3, 0.4) is 0 Å². The van der Waals surface area contributed by atoms with Gasteiger partial charge in [-0.15, -0.1) is 0 Å². The third-order valence-corrected chi connectivity index (χ3v) is 6.44. The van der Waals surface area contributed by atoms with Gasteiger partial charge in [0.25, 0.3) is 0 Å². The second-order valence-electron chi connectivity index (χ2n) is 8.24. The van der Waals surface area contributed by atoms with Crippen molar-refractivity contribution < 1.29 is 9.53 Å². The summed E-state index contributed by atoms with van der Waals surface area (Å²) in [5, 5.41) is 7.79. The maximum atomic E-state index is 12.6. The maximum absolute atomic E-state index is 12.6. The molecule has 3 atom stereocenters. The number of carbonyl (C=O) groups is 1. The zero-order chi connectivity index (χ0) is 19.0. The number of aryl methyl sites for hydroxylation is 1. The molecule has 144 valence electrons. The molecule has 2 bridgehead atoms. The normalized spacial score (nSPS) is 23.6. The van der Waals surface area contributed by atoms with E-state index in [0.29, 0.717) is 18.9 Å². The van der Waals surface area contributed by atoms with Crippen LogP contribution in [0.4, 0.5) is 5.69 Å². The summed E-state index contributed by atoms with van der Waals surface area (Å²) in [5.74, 6) is 3.21. The average Bonchev–Trinajstić information content (AvgIpc) is 3.34. The third kappa shape index (κ3) is 3.73. The van der Waals surface area contributed by atoms with Crippen molar-refractivity contribution in [1.29, 1.82) is 0 Å². The zero-order valence-corrected chi connectivity index (χ0v) is 16.5. The van der Waals surface area contributed by atoms with Crippen molar-refractivity contribution in [2.45, 2.75) is 52.5 Å². The van der Waals surface area contributed by atoms with E-state index in [9.17, 15) is 4.79 Å². The van der Waals surface area contributed by atoms with E-state index in [0.717, 1.165) is 40.2 Å². The van der Waals surface area contributed by atoms with E-state index in [1.165, 1.54) is 25.7 Å². The minimum atomic E-state index is 0.139. The Bertz CT molecular complexity index is 842. The summed E-state index contributed by atoms with van der Waals surface area (Å²) in [7, 11) is 1.67. The summed E-state index contributed by atoms with van der Waals surface area (Å²) >= 11 is 0. The minimum Gasteiger partial charge on any atom is -0.497 e. The summed E-state index contributed by atoms with van der Waals surface area (Å²) in [5.41, 5.74) is 3.86. The second kappa shape index (κ2) is 7.37. The molecular weight excluding hydrogens is 338 g/mol. The highest BCUT2D eigenvalue weighted by Crippen LogP contribution is 2.49. The zero-order valence-electron chi connectivity index (χ0n) is 16.5. The Balaban J connectivity index is 1.43. The molecule has 1 amide bonds. The van der Waals surface area contributed by atoms with Crippen molar-refractivity contribution in [3.63, 3.8) is 0 Å². The van der Waals surface area contributed by atoms with Crippen molar-refractivity contribution in [2.75, 3.05) is 12.4 Å². The predicted molar refractivity (Wildman–Crippen MR) is 106 cm³/mol. The van der Waals surface area contributed by atoms with Gasteiger partial charge >= 0.3 is 0 Å². The average molecular weight is 367 g/mol. The topological polar surface area (TPSA) is 56.1 Å². The molecule has 2 fully saturated rings. The fourth-order valence-electron chi connectivity index (χ4n) is 5.03. The SMILES string of the molecule is COc1cccc(Cn2nc(C)c(NC(=O)CC3CC4CCC3C4)c2C)c1. The van der Waals surface area contributed by atoms with Gasteiger partial charge in [0.15, 0.2) is 0 Å². The summed E-state index contributed by atoms with van der Waals surface area (Å²) in [6, 6.07) is 8.00. The Morgan fingerprint density at radius 1 is 1.30 bits per heavy atom. The lowest BCUT2D eigenvalue weighted by Gasteiger charge is -2.20.